The number of phenolic OH excluding ortho intramolecular Hbond substituents is 1. The van der Waals surface area contributed by atoms with Gasteiger partial charge in [-0.2, -0.15) is 0 Å². The summed E-state index contributed by atoms with van der Waals surface area (Å²) in [6.45, 7) is 11.4. The predicted molar refractivity (Wildman–Crippen MR) is 99.2 cm³/mol. The number of ether oxygens (including phenoxy) is 2. The molecule has 1 rings (SSSR count). The molecule has 0 heterocycles. The summed E-state index contributed by atoms with van der Waals surface area (Å²) in [7, 11) is 1.56. The highest BCUT2D eigenvalue weighted by atomic mass is 16.6. The maximum Gasteiger partial charge on any atom is 0.410 e. The summed E-state index contributed by atoms with van der Waals surface area (Å²) in [5.41, 5.74) is 0.290. The molecule has 0 aliphatic heterocycles. The van der Waals surface area contributed by atoms with Gasteiger partial charge in [0.25, 0.3) is 0 Å². The van der Waals surface area contributed by atoms with Crippen LogP contribution in [0, 0.1) is 0 Å². The minimum absolute atomic E-state index is 0.0481. The Morgan fingerprint density at radius 1 is 1.32 bits per heavy atom. The third-order valence-electron chi connectivity index (χ3n) is 3.68. The number of benzene rings is 1. The lowest BCUT2D eigenvalue weighted by Gasteiger charge is -2.27. The largest absolute Gasteiger partial charge is 0.507 e. The molecule has 1 aromatic carbocycles. The smallest absolute Gasteiger partial charge is 0.410 e. The van der Waals surface area contributed by atoms with Crippen molar-refractivity contribution in [2.24, 2.45) is 0 Å². The molecule has 1 atom stereocenters. The molecule has 0 fully saturated rings. The van der Waals surface area contributed by atoms with Crippen LogP contribution in [0.15, 0.2) is 18.2 Å². The second kappa shape index (κ2) is 9.51. The molecular formula is C19H32N2O4. The number of phenols is 1. The number of nitrogens with one attached hydrogen (secondary N) is 1. The van der Waals surface area contributed by atoms with Crippen molar-refractivity contribution >= 4 is 6.09 Å². The van der Waals surface area contributed by atoms with E-state index in [0.717, 1.165) is 12.0 Å². The zero-order valence-electron chi connectivity index (χ0n) is 16.3. The average molecular weight is 352 g/mol. The van der Waals surface area contributed by atoms with Crippen LogP contribution in [-0.4, -0.2) is 48.4 Å². The van der Waals surface area contributed by atoms with Crippen molar-refractivity contribution in [3.8, 4) is 11.5 Å². The van der Waals surface area contributed by atoms with Gasteiger partial charge in [0.05, 0.1) is 7.11 Å². The summed E-state index contributed by atoms with van der Waals surface area (Å²) in [6.07, 6.45) is 0.574. The lowest BCUT2D eigenvalue weighted by atomic mass is 10.1. The van der Waals surface area contributed by atoms with Crippen molar-refractivity contribution in [3.05, 3.63) is 23.8 Å². The Labute approximate surface area is 151 Å². The fourth-order valence-corrected chi connectivity index (χ4v) is 2.43. The first-order valence-corrected chi connectivity index (χ1v) is 8.76. The highest BCUT2D eigenvalue weighted by Crippen LogP contribution is 2.28. The van der Waals surface area contributed by atoms with Gasteiger partial charge in [0.2, 0.25) is 0 Å². The van der Waals surface area contributed by atoms with Gasteiger partial charge in [-0.15, -0.1) is 0 Å². The van der Waals surface area contributed by atoms with Crippen LogP contribution >= 0.6 is 0 Å². The molecule has 0 aromatic heterocycles. The minimum atomic E-state index is -0.501. The van der Waals surface area contributed by atoms with E-state index in [1.165, 1.54) is 0 Å². The van der Waals surface area contributed by atoms with Crippen molar-refractivity contribution in [2.45, 2.75) is 52.7 Å². The summed E-state index contributed by atoms with van der Waals surface area (Å²) in [5, 5.41) is 13.4. The maximum atomic E-state index is 12.2. The van der Waals surface area contributed by atoms with Gasteiger partial charge in [-0.25, -0.2) is 4.79 Å². The molecular weight excluding hydrogens is 320 g/mol. The third kappa shape index (κ3) is 7.22. The monoisotopic (exact) mass is 352 g/mol. The molecule has 6 heteroatoms. The highest BCUT2D eigenvalue weighted by Gasteiger charge is 2.21. The van der Waals surface area contributed by atoms with E-state index in [9.17, 15) is 9.90 Å². The molecule has 1 amide bonds. The van der Waals surface area contributed by atoms with Crippen molar-refractivity contribution in [1.29, 1.82) is 0 Å². The summed E-state index contributed by atoms with van der Waals surface area (Å²) in [4.78, 5) is 13.9. The molecule has 6 nitrogen and oxygen atoms in total. The van der Waals surface area contributed by atoms with Gasteiger partial charge in [-0.3, -0.25) is 0 Å². The maximum absolute atomic E-state index is 12.2. The number of methoxy groups -OCH3 is 1. The molecule has 0 bridgehead atoms. The van der Waals surface area contributed by atoms with E-state index in [1.54, 1.807) is 18.1 Å². The average Bonchev–Trinajstić information content (AvgIpc) is 2.51. The molecule has 142 valence electrons. The molecule has 0 spiro atoms. The molecule has 0 aliphatic carbocycles. The minimum Gasteiger partial charge on any atom is -0.507 e. The Morgan fingerprint density at radius 3 is 2.52 bits per heavy atom. The van der Waals surface area contributed by atoms with Gasteiger partial charge in [0.1, 0.15) is 17.1 Å². The van der Waals surface area contributed by atoms with Crippen LogP contribution in [0.4, 0.5) is 4.79 Å². The first-order chi connectivity index (χ1) is 11.7. The van der Waals surface area contributed by atoms with Crippen LogP contribution in [0.3, 0.4) is 0 Å². The Hall–Kier alpha value is -1.95. The quantitative estimate of drug-likeness (QED) is 0.746. The predicted octanol–water partition coefficient (Wildman–Crippen LogP) is 3.70. The Balaban J connectivity index is 2.59. The van der Waals surface area contributed by atoms with Gasteiger partial charge in [-0.05, 0) is 40.2 Å². The van der Waals surface area contributed by atoms with E-state index in [0.29, 0.717) is 25.4 Å². The Morgan fingerprint density at radius 2 is 2.00 bits per heavy atom. The number of rotatable bonds is 8. The van der Waals surface area contributed by atoms with Crippen molar-refractivity contribution in [2.75, 3.05) is 26.7 Å². The van der Waals surface area contributed by atoms with Gasteiger partial charge in [-0.1, -0.05) is 13.0 Å². The summed E-state index contributed by atoms with van der Waals surface area (Å²) in [5.74, 6) is 0.810. The van der Waals surface area contributed by atoms with Crippen LogP contribution in [0.2, 0.25) is 0 Å². The summed E-state index contributed by atoms with van der Waals surface area (Å²) < 4.78 is 10.5. The molecule has 25 heavy (non-hydrogen) atoms. The number of hydrogen-bond donors (Lipinski definition) is 2. The Kier molecular flexibility index (Phi) is 8.03. The summed E-state index contributed by atoms with van der Waals surface area (Å²) >= 11 is 0. The molecule has 1 aromatic rings. The number of hydrogen-bond acceptors (Lipinski definition) is 5. The van der Waals surface area contributed by atoms with E-state index in [2.05, 4.69) is 5.32 Å². The first-order valence-electron chi connectivity index (χ1n) is 8.76. The highest BCUT2D eigenvalue weighted by molar-refractivity contribution is 5.68. The molecule has 0 saturated carbocycles. The van der Waals surface area contributed by atoms with Gasteiger partial charge in [0.15, 0.2) is 0 Å². The number of carbonyl (C=O) groups is 1. The topological polar surface area (TPSA) is 71.0 Å². The number of nitrogens with zero attached hydrogens (tertiary/aromatic N) is 1. The van der Waals surface area contributed by atoms with E-state index in [4.69, 9.17) is 9.47 Å². The molecule has 0 aliphatic rings. The van der Waals surface area contributed by atoms with Gasteiger partial charge in [0, 0.05) is 37.3 Å². The fourth-order valence-electron chi connectivity index (χ4n) is 2.43. The standard InChI is InChI=1S/C19H32N2O4/c1-7-11-21(18(23)25-19(3,4)5)12-10-20-14(2)16-9-8-15(24-6)13-17(16)22/h8-9,13-14,20,22H,7,10-12H2,1-6H3. The second-order valence-corrected chi connectivity index (χ2v) is 7.07. The van der Waals surface area contributed by atoms with Gasteiger partial charge >= 0.3 is 6.09 Å². The number of aromatic hydroxyl groups is 1. The van der Waals surface area contributed by atoms with Crippen molar-refractivity contribution in [1.82, 2.24) is 10.2 Å². The van der Waals surface area contributed by atoms with Gasteiger partial charge < -0.3 is 24.8 Å². The molecule has 1 unspecified atom stereocenters. The first kappa shape index (κ1) is 21.1. The van der Waals surface area contributed by atoms with Crippen molar-refractivity contribution in [3.63, 3.8) is 0 Å². The molecule has 2 N–H and O–H groups in total. The lowest BCUT2D eigenvalue weighted by molar-refractivity contribution is 0.0251. The van der Waals surface area contributed by atoms with Crippen LogP contribution in [-0.2, 0) is 4.74 Å². The number of carbonyl (C=O) groups excluding carboxylic acids is 1. The van der Waals surface area contributed by atoms with E-state index in [-0.39, 0.29) is 17.9 Å². The van der Waals surface area contributed by atoms with Crippen LogP contribution in [0.25, 0.3) is 0 Å². The van der Waals surface area contributed by atoms with Crippen LogP contribution < -0.4 is 10.1 Å². The molecule has 0 radical (unpaired) electrons. The number of amides is 1. The zero-order valence-corrected chi connectivity index (χ0v) is 16.3. The normalized spacial score (nSPS) is 12.6. The Bertz CT molecular complexity index is 555. The van der Waals surface area contributed by atoms with E-state index in [1.807, 2.05) is 46.8 Å². The van der Waals surface area contributed by atoms with Crippen LogP contribution in [0.1, 0.15) is 52.6 Å². The van der Waals surface area contributed by atoms with E-state index < -0.39 is 5.60 Å². The van der Waals surface area contributed by atoms with Crippen molar-refractivity contribution < 1.29 is 19.4 Å². The van der Waals surface area contributed by atoms with E-state index >= 15 is 0 Å². The third-order valence-corrected chi connectivity index (χ3v) is 3.68. The lowest BCUT2D eigenvalue weighted by Crippen LogP contribution is -2.41. The second-order valence-electron chi connectivity index (χ2n) is 7.07. The molecule has 0 saturated heterocycles. The zero-order chi connectivity index (χ0) is 19.0. The summed E-state index contributed by atoms with van der Waals surface area (Å²) in [6, 6.07) is 5.20. The SMILES string of the molecule is CCCN(CCNC(C)c1ccc(OC)cc1O)C(=O)OC(C)(C)C. The van der Waals surface area contributed by atoms with Crippen LogP contribution in [0.5, 0.6) is 11.5 Å². The fraction of sp³-hybridized carbons (Fsp3) is 0.632.